The number of carboxylic acids is 1. The molecule has 0 spiro atoms. The molecule has 0 heterocycles. The summed E-state index contributed by atoms with van der Waals surface area (Å²) in [6.45, 7) is 3.03. The van der Waals surface area contributed by atoms with Gasteiger partial charge in [0.15, 0.2) is 0 Å². The van der Waals surface area contributed by atoms with Gasteiger partial charge in [0.05, 0.1) is 11.9 Å². The van der Waals surface area contributed by atoms with Crippen molar-refractivity contribution in [3.05, 3.63) is 29.3 Å². The highest BCUT2D eigenvalue weighted by molar-refractivity contribution is 7.92. The number of aliphatic carboxylic acids is 1. The number of hydrogen-bond acceptors (Lipinski definition) is 4. The first-order valence-corrected chi connectivity index (χ1v) is 7.61. The highest BCUT2D eigenvalue weighted by Gasteiger charge is 2.16. The maximum Gasteiger partial charge on any atom is 0.325 e. The molecule has 110 valence electrons. The van der Waals surface area contributed by atoms with Crippen LogP contribution in [0.25, 0.3) is 0 Å². The number of sulfonamides is 1. The number of rotatable bonds is 5. The van der Waals surface area contributed by atoms with Gasteiger partial charge in [-0.05, 0) is 31.5 Å². The summed E-state index contributed by atoms with van der Waals surface area (Å²) in [4.78, 5) is 22.5. The molecule has 1 aromatic carbocycles. The molecule has 7 nitrogen and oxygen atoms in total. The predicted octanol–water partition coefficient (Wildman–Crippen LogP) is 0.569. The lowest BCUT2D eigenvalue weighted by molar-refractivity contribution is -0.138. The van der Waals surface area contributed by atoms with Crippen LogP contribution in [0.1, 0.15) is 22.8 Å². The van der Waals surface area contributed by atoms with Gasteiger partial charge < -0.3 is 10.4 Å². The van der Waals surface area contributed by atoms with E-state index in [1.165, 1.54) is 19.1 Å². The topological polar surface area (TPSA) is 113 Å². The maximum atomic E-state index is 11.8. The Morgan fingerprint density at radius 3 is 2.40 bits per heavy atom. The van der Waals surface area contributed by atoms with Gasteiger partial charge >= 0.3 is 5.97 Å². The number of nitrogens with one attached hydrogen (secondary N) is 2. The van der Waals surface area contributed by atoms with Gasteiger partial charge in [-0.1, -0.05) is 6.07 Å². The van der Waals surface area contributed by atoms with Crippen molar-refractivity contribution >= 4 is 27.6 Å². The molecule has 8 heteroatoms. The smallest absolute Gasteiger partial charge is 0.325 e. The van der Waals surface area contributed by atoms with Gasteiger partial charge in [-0.15, -0.1) is 0 Å². The molecular weight excluding hydrogens is 284 g/mol. The molecule has 0 aliphatic rings. The summed E-state index contributed by atoms with van der Waals surface area (Å²) in [7, 11) is -3.45. The maximum absolute atomic E-state index is 11.8. The Kier molecular flexibility index (Phi) is 4.72. The zero-order valence-corrected chi connectivity index (χ0v) is 12.1. The normalized spacial score (nSPS) is 12.6. The van der Waals surface area contributed by atoms with E-state index in [0.29, 0.717) is 5.56 Å². The first-order chi connectivity index (χ1) is 9.10. The standard InChI is InChI=1S/C12H16N2O5S/c1-7-4-5-9(6-10(7)14-20(3,18)19)11(15)13-8(2)12(16)17/h4-6,8,14H,1-3H3,(H,13,15)(H,16,17). The van der Waals surface area contributed by atoms with Crippen molar-refractivity contribution in [1.82, 2.24) is 5.32 Å². The summed E-state index contributed by atoms with van der Waals surface area (Å²) in [5.41, 5.74) is 1.11. The van der Waals surface area contributed by atoms with Crippen LogP contribution in [-0.4, -0.2) is 37.7 Å². The van der Waals surface area contributed by atoms with Crippen LogP contribution in [0.3, 0.4) is 0 Å². The number of anilines is 1. The van der Waals surface area contributed by atoms with Crippen molar-refractivity contribution in [1.29, 1.82) is 0 Å². The van der Waals surface area contributed by atoms with Crippen molar-refractivity contribution in [2.24, 2.45) is 0 Å². The molecule has 1 rings (SSSR count). The van der Waals surface area contributed by atoms with Crippen molar-refractivity contribution in [2.45, 2.75) is 19.9 Å². The first kappa shape index (κ1) is 16.0. The second-order valence-corrected chi connectivity index (χ2v) is 6.19. The number of aryl methyl sites for hydroxylation is 1. The number of carboxylic acid groups (broad SMARTS) is 1. The molecule has 0 aliphatic heterocycles. The Morgan fingerprint density at radius 1 is 1.30 bits per heavy atom. The summed E-state index contributed by atoms with van der Waals surface area (Å²) in [5, 5.41) is 11.0. The molecule has 0 saturated heterocycles. The van der Waals surface area contributed by atoms with Crippen LogP contribution in [0.5, 0.6) is 0 Å². The highest BCUT2D eigenvalue weighted by Crippen LogP contribution is 2.18. The number of benzene rings is 1. The van der Waals surface area contributed by atoms with E-state index >= 15 is 0 Å². The lowest BCUT2D eigenvalue weighted by atomic mass is 10.1. The fourth-order valence-electron chi connectivity index (χ4n) is 1.41. The molecule has 1 atom stereocenters. The van der Waals surface area contributed by atoms with Gasteiger partial charge in [-0.25, -0.2) is 8.42 Å². The molecule has 0 radical (unpaired) electrons. The van der Waals surface area contributed by atoms with Gasteiger partial charge in [0.1, 0.15) is 6.04 Å². The van der Waals surface area contributed by atoms with Gasteiger partial charge in [0, 0.05) is 5.56 Å². The van der Waals surface area contributed by atoms with Gasteiger partial charge in [-0.3, -0.25) is 14.3 Å². The van der Waals surface area contributed by atoms with Crippen molar-refractivity contribution in [2.75, 3.05) is 11.0 Å². The molecule has 0 fully saturated rings. The van der Waals surface area contributed by atoms with Crippen LogP contribution in [0.2, 0.25) is 0 Å². The number of hydrogen-bond donors (Lipinski definition) is 3. The summed E-state index contributed by atoms with van der Waals surface area (Å²) in [6.07, 6.45) is 1.01. The minimum atomic E-state index is -3.45. The quantitative estimate of drug-likeness (QED) is 0.736. The summed E-state index contributed by atoms with van der Waals surface area (Å²) in [6, 6.07) is 3.40. The van der Waals surface area contributed by atoms with Crippen molar-refractivity contribution < 1.29 is 23.1 Å². The fourth-order valence-corrected chi connectivity index (χ4v) is 2.03. The first-order valence-electron chi connectivity index (χ1n) is 5.72. The van der Waals surface area contributed by atoms with Crippen LogP contribution in [-0.2, 0) is 14.8 Å². The average Bonchev–Trinajstić information content (AvgIpc) is 2.29. The highest BCUT2D eigenvalue weighted by atomic mass is 32.2. The van der Waals surface area contributed by atoms with E-state index in [1.54, 1.807) is 13.0 Å². The zero-order chi connectivity index (χ0) is 15.5. The van der Waals surface area contributed by atoms with E-state index in [0.717, 1.165) is 6.26 Å². The molecule has 1 unspecified atom stereocenters. The summed E-state index contributed by atoms with van der Waals surface area (Å²) >= 11 is 0. The molecular formula is C12H16N2O5S. The van der Waals surface area contributed by atoms with Gasteiger partial charge in [0.2, 0.25) is 10.0 Å². The van der Waals surface area contributed by atoms with E-state index in [-0.39, 0.29) is 11.3 Å². The largest absolute Gasteiger partial charge is 0.480 e. The SMILES string of the molecule is Cc1ccc(C(=O)NC(C)C(=O)O)cc1NS(C)(=O)=O. The predicted molar refractivity (Wildman–Crippen MR) is 74.2 cm³/mol. The van der Waals surface area contributed by atoms with Crippen LogP contribution in [0.4, 0.5) is 5.69 Å². The van der Waals surface area contributed by atoms with E-state index in [2.05, 4.69) is 10.0 Å². The van der Waals surface area contributed by atoms with E-state index in [1.807, 2.05) is 0 Å². The van der Waals surface area contributed by atoms with Gasteiger partial charge in [-0.2, -0.15) is 0 Å². The van der Waals surface area contributed by atoms with E-state index in [9.17, 15) is 18.0 Å². The average molecular weight is 300 g/mol. The molecule has 0 aliphatic carbocycles. The Labute approximate surface area is 117 Å². The minimum Gasteiger partial charge on any atom is -0.480 e. The zero-order valence-electron chi connectivity index (χ0n) is 11.3. The summed E-state index contributed by atoms with van der Waals surface area (Å²) in [5.74, 6) is -1.74. The van der Waals surface area contributed by atoms with Crippen LogP contribution in [0.15, 0.2) is 18.2 Å². The second-order valence-electron chi connectivity index (χ2n) is 4.44. The third-order valence-corrected chi connectivity index (χ3v) is 3.10. The minimum absolute atomic E-state index is 0.176. The summed E-state index contributed by atoms with van der Waals surface area (Å²) < 4.78 is 24.7. The molecule has 1 aromatic rings. The Bertz CT molecular complexity index is 639. The lowest BCUT2D eigenvalue weighted by Gasteiger charge is -2.12. The van der Waals surface area contributed by atoms with Crippen LogP contribution < -0.4 is 10.0 Å². The number of carbonyl (C=O) groups excluding carboxylic acids is 1. The molecule has 1 amide bonds. The van der Waals surface area contributed by atoms with E-state index < -0.39 is 27.9 Å². The molecule has 0 aromatic heterocycles. The molecule has 3 N–H and O–H groups in total. The van der Waals surface area contributed by atoms with Gasteiger partial charge in [0.25, 0.3) is 5.91 Å². The van der Waals surface area contributed by atoms with Crippen molar-refractivity contribution in [3.8, 4) is 0 Å². The molecule has 20 heavy (non-hydrogen) atoms. The Morgan fingerprint density at radius 2 is 1.90 bits per heavy atom. The molecule has 0 bridgehead atoms. The van der Waals surface area contributed by atoms with E-state index in [4.69, 9.17) is 5.11 Å². The monoisotopic (exact) mass is 300 g/mol. The Hall–Kier alpha value is -2.09. The third kappa shape index (κ3) is 4.54. The fraction of sp³-hybridized carbons (Fsp3) is 0.333. The second kappa shape index (κ2) is 5.91. The third-order valence-electron chi connectivity index (χ3n) is 2.51. The number of amides is 1. The van der Waals surface area contributed by atoms with Crippen LogP contribution in [0, 0.1) is 6.92 Å². The van der Waals surface area contributed by atoms with Crippen LogP contribution >= 0.6 is 0 Å². The van der Waals surface area contributed by atoms with Crippen molar-refractivity contribution in [3.63, 3.8) is 0 Å². The number of carbonyl (C=O) groups is 2. The Balaban J connectivity index is 3.00. The molecule has 0 saturated carbocycles. The lowest BCUT2D eigenvalue weighted by Crippen LogP contribution is -2.38.